The monoisotopic (exact) mass is 416 g/mol. The highest BCUT2D eigenvalue weighted by molar-refractivity contribution is 6.44. The largest absolute Gasteiger partial charge is 0.497 e. The van der Waals surface area contributed by atoms with Crippen LogP contribution in [0.4, 0.5) is 0 Å². The minimum Gasteiger partial charge on any atom is -0.497 e. The maximum atomic E-state index is 13.0. The molecule has 0 radical (unpaired) electrons. The zero-order valence-corrected chi connectivity index (χ0v) is 18.2. The van der Waals surface area contributed by atoms with E-state index >= 15 is 0 Å². The second-order valence-corrected chi connectivity index (χ2v) is 6.77. The normalized spacial score (nSPS) is 11.5. The van der Waals surface area contributed by atoms with Crippen molar-refractivity contribution in [1.29, 1.82) is 0 Å². The average molecular weight is 416 g/mol. The molecule has 0 saturated carbocycles. The molecule has 2 rings (SSSR count). The number of ketones is 1. The molecule has 0 spiro atoms. The summed E-state index contributed by atoms with van der Waals surface area (Å²) in [5.41, 5.74) is 1.24. The molecular weight excluding hydrogens is 388 g/mol. The highest BCUT2D eigenvalue weighted by Crippen LogP contribution is 2.39. The highest BCUT2D eigenvalue weighted by Gasteiger charge is 2.31. The molecule has 162 valence electrons. The first-order valence-electron chi connectivity index (χ1n) is 9.76. The van der Waals surface area contributed by atoms with Crippen molar-refractivity contribution in [3.05, 3.63) is 35.2 Å². The van der Waals surface area contributed by atoms with Gasteiger partial charge in [0.15, 0.2) is 0 Å². The van der Waals surface area contributed by atoms with Crippen molar-refractivity contribution in [3.63, 3.8) is 0 Å². The maximum Gasteiger partial charge on any atom is 0.340 e. The molecule has 8 heteroatoms. The summed E-state index contributed by atoms with van der Waals surface area (Å²) in [5, 5.41) is 2.66. The Labute approximate surface area is 175 Å². The summed E-state index contributed by atoms with van der Waals surface area (Å²) < 4.78 is 15.9. The molecule has 0 bridgehead atoms. The van der Waals surface area contributed by atoms with Crippen molar-refractivity contribution in [3.8, 4) is 22.6 Å². The molecule has 1 aromatic heterocycles. The Bertz CT molecular complexity index is 947. The fraction of sp³-hybridized carbons (Fsp3) is 0.409. The van der Waals surface area contributed by atoms with Crippen molar-refractivity contribution >= 4 is 17.7 Å². The quantitative estimate of drug-likeness (QED) is 0.369. The predicted molar refractivity (Wildman–Crippen MR) is 112 cm³/mol. The number of esters is 1. The van der Waals surface area contributed by atoms with Gasteiger partial charge in [0, 0.05) is 22.9 Å². The second kappa shape index (κ2) is 9.96. The number of hydrogen-bond acceptors (Lipinski definition) is 6. The molecule has 1 heterocycles. The summed E-state index contributed by atoms with van der Waals surface area (Å²) in [4.78, 5) is 41.2. The smallest absolute Gasteiger partial charge is 0.340 e. The number of carbonyl (C=O) groups is 3. The average Bonchev–Trinajstić information content (AvgIpc) is 3.09. The van der Waals surface area contributed by atoms with Crippen LogP contribution in [0.1, 0.15) is 53.7 Å². The van der Waals surface area contributed by atoms with Gasteiger partial charge in [-0.25, -0.2) is 4.79 Å². The van der Waals surface area contributed by atoms with E-state index in [1.54, 1.807) is 39.0 Å². The predicted octanol–water partition coefficient (Wildman–Crippen LogP) is 3.28. The van der Waals surface area contributed by atoms with Gasteiger partial charge in [0.2, 0.25) is 0 Å². The maximum absolute atomic E-state index is 13.0. The van der Waals surface area contributed by atoms with Crippen LogP contribution in [-0.4, -0.2) is 49.5 Å². The van der Waals surface area contributed by atoms with Gasteiger partial charge in [-0.15, -0.1) is 0 Å². The molecule has 1 amide bonds. The summed E-state index contributed by atoms with van der Waals surface area (Å²) in [5.74, 6) is -1.23. The molecule has 2 N–H and O–H groups in total. The van der Waals surface area contributed by atoms with Crippen LogP contribution >= 0.6 is 0 Å². The molecule has 1 atom stereocenters. The third-order valence-corrected chi connectivity index (χ3v) is 4.77. The Kier molecular flexibility index (Phi) is 7.63. The molecule has 0 unspecified atom stereocenters. The number of aromatic nitrogens is 1. The summed E-state index contributed by atoms with van der Waals surface area (Å²) >= 11 is 0. The first-order chi connectivity index (χ1) is 14.3. The van der Waals surface area contributed by atoms with Crippen LogP contribution in [0.5, 0.6) is 11.5 Å². The minimum atomic E-state index is -0.783. The number of aryl methyl sites for hydroxylation is 1. The Morgan fingerprint density at radius 1 is 1.13 bits per heavy atom. The molecule has 0 aliphatic rings. The highest BCUT2D eigenvalue weighted by atomic mass is 16.5. The summed E-state index contributed by atoms with van der Waals surface area (Å²) in [6.45, 7) is 7.21. The number of carbonyl (C=O) groups excluding carboxylic acids is 3. The molecular formula is C22H28N2O6. The number of amides is 1. The number of rotatable bonds is 9. The van der Waals surface area contributed by atoms with E-state index in [4.69, 9.17) is 14.2 Å². The molecule has 30 heavy (non-hydrogen) atoms. The molecule has 0 aliphatic heterocycles. The third kappa shape index (κ3) is 4.64. The zero-order chi connectivity index (χ0) is 22.4. The number of hydrogen-bond donors (Lipinski definition) is 2. The van der Waals surface area contributed by atoms with Gasteiger partial charge in [0.05, 0.1) is 26.4 Å². The van der Waals surface area contributed by atoms with E-state index in [-0.39, 0.29) is 29.5 Å². The number of benzene rings is 1. The van der Waals surface area contributed by atoms with Crippen LogP contribution in [0, 0.1) is 6.92 Å². The second-order valence-electron chi connectivity index (χ2n) is 6.77. The lowest BCUT2D eigenvalue weighted by Gasteiger charge is -2.14. The van der Waals surface area contributed by atoms with Crippen molar-refractivity contribution < 1.29 is 28.6 Å². The summed E-state index contributed by atoms with van der Waals surface area (Å²) in [6, 6.07) is 4.84. The van der Waals surface area contributed by atoms with Crippen molar-refractivity contribution in [2.24, 2.45) is 0 Å². The lowest BCUT2D eigenvalue weighted by Crippen LogP contribution is -2.37. The summed E-state index contributed by atoms with van der Waals surface area (Å²) in [6.07, 6.45) is 0.674. The van der Waals surface area contributed by atoms with Crippen LogP contribution in [0.15, 0.2) is 18.2 Å². The van der Waals surface area contributed by atoms with E-state index in [1.807, 2.05) is 6.92 Å². The van der Waals surface area contributed by atoms with Crippen molar-refractivity contribution in [2.75, 3.05) is 20.8 Å². The number of Topliss-reactive ketones (excluding diaryl/α,β-unsaturated/α-hetero) is 1. The van der Waals surface area contributed by atoms with E-state index < -0.39 is 17.7 Å². The fourth-order valence-corrected chi connectivity index (χ4v) is 3.04. The van der Waals surface area contributed by atoms with Crippen LogP contribution in [-0.2, 0) is 9.53 Å². The van der Waals surface area contributed by atoms with Gasteiger partial charge in [-0.05, 0) is 45.4 Å². The lowest BCUT2D eigenvalue weighted by molar-refractivity contribution is -0.117. The first kappa shape index (κ1) is 23.0. The Morgan fingerprint density at radius 3 is 2.40 bits per heavy atom. The molecule has 2 aromatic rings. The molecule has 0 fully saturated rings. The molecule has 8 nitrogen and oxygen atoms in total. The van der Waals surface area contributed by atoms with E-state index in [1.165, 1.54) is 14.2 Å². The van der Waals surface area contributed by atoms with E-state index in [0.717, 1.165) is 0 Å². The zero-order valence-electron chi connectivity index (χ0n) is 18.2. The van der Waals surface area contributed by atoms with Gasteiger partial charge < -0.3 is 24.5 Å². The van der Waals surface area contributed by atoms with Crippen LogP contribution in [0.3, 0.4) is 0 Å². The Morgan fingerprint density at radius 2 is 1.83 bits per heavy atom. The number of methoxy groups -OCH3 is 2. The first-order valence-corrected chi connectivity index (χ1v) is 9.76. The van der Waals surface area contributed by atoms with Crippen LogP contribution in [0.2, 0.25) is 0 Å². The number of nitrogens with one attached hydrogen (secondary N) is 2. The molecule has 0 saturated heterocycles. The van der Waals surface area contributed by atoms with Gasteiger partial charge in [-0.3, -0.25) is 9.59 Å². The third-order valence-electron chi connectivity index (χ3n) is 4.77. The van der Waals surface area contributed by atoms with Gasteiger partial charge in [0.25, 0.3) is 11.7 Å². The Hall–Kier alpha value is -3.29. The Balaban J connectivity index is 2.74. The van der Waals surface area contributed by atoms with Crippen LogP contribution in [0.25, 0.3) is 11.1 Å². The van der Waals surface area contributed by atoms with Crippen molar-refractivity contribution in [2.45, 2.75) is 40.2 Å². The molecule has 0 aliphatic carbocycles. The number of H-pyrrole nitrogens is 1. The lowest BCUT2D eigenvalue weighted by atomic mass is 9.97. The summed E-state index contributed by atoms with van der Waals surface area (Å²) in [7, 11) is 2.98. The fourth-order valence-electron chi connectivity index (χ4n) is 3.04. The minimum absolute atomic E-state index is 0.0112. The topological polar surface area (TPSA) is 107 Å². The van der Waals surface area contributed by atoms with E-state index in [2.05, 4.69) is 10.3 Å². The molecule has 1 aromatic carbocycles. The number of aromatic amines is 1. The standard InChI is InChI=1S/C22H28N2O6/c1-7-12(3)23-21(26)20(25)19-18(17(13(4)24-19)22(27)30-8-2)15-11-14(28-5)9-10-16(15)29-6/h9-12,24H,7-8H2,1-6H3,(H,23,26)/t12-/m1/s1. The van der Waals surface area contributed by atoms with Gasteiger partial charge in [-0.2, -0.15) is 0 Å². The van der Waals surface area contributed by atoms with Gasteiger partial charge in [-0.1, -0.05) is 6.92 Å². The van der Waals surface area contributed by atoms with Gasteiger partial charge in [0.1, 0.15) is 17.2 Å². The van der Waals surface area contributed by atoms with E-state index in [9.17, 15) is 14.4 Å². The SMILES string of the molecule is CCOC(=O)c1c(C)[nH]c(C(=O)C(=O)N[C@H](C)CC)c1-c1cc(OC)ccc1OC. The van der Waals surface area contributed by atoms with Gasteiger partial charge >= 0.3 is 5.97 Å². The number of ether oxygens (including phenoxy) is 3. The van der Waals surface area contributed by atoms with Crippen LogP contribution < -0.4 is 14.8 Å². The van der Waals surface area contributed by atoms with Crippen molar-refractivity contribution in [1.82, 2.24) is 10.3 Å². The van der Waals surface area contributed by atoms with E-state index in [0.29, 0.717) is 29.2 Å².